The van der Waals surface area contributed by atoms with Crippen LogP contribution in [-0.2, 0) is 22.5 Å². The van der Waals surface area contributed by atoms with E-state index in [4.69, 9.17) is 9.47 Å². The van der Waals surface area contributed by atoms with Crippen molar-refractivity contribution in [2.24, 2.45) is 0 Å². The van der Waals surface area contributed by atoms with Gasteiger partial charge in [-0.05, 0) is 101 Å². The van der Waals surface area contributed by atoms with Crippen LogP contribution in [0.25, 0.3) is 10.4 Å². The second-order valence-corrected chi connectivity index (χ2v) is 11.2. The fourth-order valence-electron chi connectivity index (χ4n) is 4.33. The van der Waals surface area contributed by atoms with Crippen LogP contribution in [0.1, 0.15) is 67.8 Å². The van der Waals surface area contributed by atoms with E-state index >= 15 is 0 Å². The van der Waals surface area contributed by atoms with Crippen molar-refractivity contribution in [1.29, 1.82) is 0 Å². The van der Waals surface area contributed by atoms with Crippen molar-refractivity contribution in [2.75, 3.05) is 0 Å². The van der Waals surface area contributed by atoms with Gasteiger partial charge in [-0.2, -0.15) is 0 Å². The molecule has 0 saturated heterocycles. The number of nitrogens with one attached hydrogen (secondary N) is 1. The number of carboxylic acids is 1. The Kier molecular flexibility index (Phi) is 9.71. The zero-order valence-corrected chi connectivity index (χ0v) is 23.2. The van der Waals surface area contributed by atoms with Crippen LogP contribution < -0.4 is 10.1 Å². The molecule has 194 valence electrons. The highest BCUT2D eigenvalue weighted by molar-refractivity contribution is 7.15. The molecule has 0 aliphatic heterocycles. The van der Waals surface area contributed by atoms with Crippen LogP contribution in [0.2, 0.25) is 0 Å². The highest BCUT2D eigenvalue weighted by atomic mass is 32.1. The molecule has 0 fully saturated rings. The Morgan fingerprint density at radius 3 is 2.31 bits per heavy atom. The molecule has 2 aromatic carbocycles. The maximum Gasteiger partial charge on any atom is 0.333 e. The average molecular weight is 510 g/mol. The van der Waals surface area contributed by atoms with Crippen molar-refractivity contribution in [3.8, 4) is 16.2 Å². The summed E-state index contributed by atoms with van der Waals surface area (Å²) in [5.41, 5.74) is 5.69. The lowest BCUT2D eigenvalue weighted by Crippen LogP contribution is -2.29. The van der Waals surface area contributed by atoms with Gasteiger partial charge in [0, 0.05) is 28.8 Å². The Balaban J connectivity index is 1.84. The summed E-state index contributed by atoms with van der Waals surface area (Å²) < 4.78 is 11.5. The third-order valence-corrected chi connectivity index (χ3v) is 7.02. The SMILES string of the molecule is Cc1ccc(-c2ccc(CC(OC(C)C)C(=O)O)cc2CNC(C)c2ccc(OC(C)C)cc2C)s1. The van der Waals surface area contributed by atoms with Gasteiger partial charge in [0.05, 0.1) is 12.2 Å². The molecule has 2 N–H and O–H groups in total. The number of thiophene rings is 1. The molecule has 0 aliphatic carbocycles. The summed E-state index contributed by atoms with van der Waals surface area (Å²) in [6.07, 6.45) is -0.546. The highest BCUT2D eigenvalue weighted by Gasteiger charge is 2.21. The minimum absolute atomic E-state index is 0.135. The van der Waals surface area contributed by atoms with Gasteiger partial charge in [-0.3, -0.25) is 0 Å². The topological polar surface area (TPSA) is 67.8 Å². The van der Waals surface area contributed by atoms with Crippen molar-refractivity contribution in [3.63, 3.8) is 0 Å². The van der Waals surface area contributed by atoms with Crippen molar-refractivity contribution in [2.45, 2.75) is 85.8 Å². The Morgan fingerprint density at radius 1 is 0.972 bits per heavy atom. The smallest absolute Gasteiger partial charge is 0.333 e. The molecule has 3 aromatic rings. The molecule has 0 saturated carbocycles. The van der Waals surface area contributed by atoms with Gasteiger partial charge in [0.1, 0.15) is 5.75 Å². The molecule has 1 heterocycles. The molecule has 2 atom stereocenters. The number of benzene rings is 2. The van der Waals surface area contributed by atoms with E-state index in [9.17, 15) is 9.90 Å². The summed E-state index contributed by atoms with van der Waals surface area (Å²) in [6, 6.07) is 16.9. The van der Waals surface area contributed by atoms with E-state index in [1.54, 1.807) is 11.3 Å². The molecular weight excluding hydrogens is 470 g/mol. The Bertz CT molecular complexity index is 1170. The zero-order chi connectivity index (χ0) is 26.4. The fourth-order valence-corrected chi connectivity index (χ4v) is 5.26. The molecule has 0 amide bonds. The second-order valence-electron chi connectivity index (χ2n) is 9.91. The normalized spacial score (nSPS) is 13.2. The zero-order valence-electron chi connectivity index (χ0n) is 22.4. The summed E-state index contributed by atoms with van der Waals surface area (Å²) in [6.45, 7) is 14.8. The van der Waals surface area contributed by atoms with E-state index in [-0.39, 0.29) is 18.2 Å². The van der Waals surface area contributed by atoms with Crippen LogP contribution in [0, 0.1) is 13.8 Å². The van der Waals surface area contributed by atoms with Crippen LogP contribution in [-0.4, -0.2) is 29.4 Å². The standard InChI is InChI=1S/C30H39NO4S/c1-18(2)34-25-10-12-26(20(5)14-25)22(7)31-17-24-15-23(16-28(30(32)33)35-19(3)4)9-11-27(24)29-13-8-21(6)36-29/h8-15,18-19,22,28,31H,16-17H2,1-7H3,(H,32,33). The predicted octanol–water partition coefficient (Wildman–Crippen LogP) is 7.09. The molecule has 0 spiro atoms. The van der Waals surface area contributed by atoms with E-state index in [1.807, 2.05) is 39.8 Å². The lowest BCUT2D eigenvalue weighted by atomic mass is 9.98. The van der Waals surface area contributed by atoms with Crippen LogP contribution in [0.5, 0.6) is 5.75 Å². The average Bonchev–Trinajstić information content (AvgIpc) is 3.22. The van der Waals surface area contributed by atoms with Gasteiger partial charge in [0.25, 0.3) is 0 Å². The molecule has 5 nitrogen and oxygen atoms in total. The molecule has 0 bridgehead atoms. The maximum absolute atomic E-state index is 11.8. The number of carbonyl (C=O) groups is 1. The van der Waals surface area contributed by atoms with E-state index in [0.29, 0.717) is 13.0 Å². The molecule has 36 heavy (non-hydrogen) atoms. The lowest BCUT2D eigenvalue weighted by Gasteiger charge is -2.20. The third-order valence-electron chi connectivity index (χ3n) is 5.99. The van der Waals surface area contributed by atoms with Gasteiger partial charge in [-0.25, -0.2) is 4.79 Å². The monoisotopic (exact) mass is 509 g/mol. The van der Waals surface area contributed by atoms with Crippen LogP contribution in [0.3, 0.4) is 0 Å². The van der Waals surface area contributed by atoms with E-state index in [1.165, 1.54) is 26.4 Å². The number of carboxylic acid groups (broad SMARTS) is 1. The van der Waals surface area contributed by atoms with Gasteiger partial charge in [-0.1, -0.05) is 24.3 Å². The largest absolute Gasteiger partial charge is 0.491 e. The molecule has 3 rings (SSSR count). The number of aliphatic carboxylic acids is 1. The van der Waals surface area contributed by atoms with Crippen LogP contribution in [0.4, 0.5) is 0 Å². The molecule has 0 aliphatic rings. The van der Waals surface area contributed by atoms with Gasteiger partial charge >= 0.3 is 5.97 Å². The summed E-state index contributed by atoms with van der Waals surface area (Å²) in [7, 11) is 0. The van der Waals surface area contributed by atoms with E-state index < -0.39 is 12.1 Å². The maximum atomic E-state index is 11.8. The second kappa shape index (κ2) is 12.5. The molecule has 0 radical (unpaired) electrons. The lowest BCUT2D eigenvalue weighted by molar-refractivity contribution is -0.153. The Morgan fingerprint density at radius 2 is 1.72 bits per heavy atom. The van der Waals surface area contributed by atoms with Crippen LogP contribution in [0.15, 0.2) is 48.5 Å². The number of ether oxygens (including phenoxy) is 2. The molecular formula is C30H39NO4S. The van der Waals surface area contributed by atoms with Gasteiger partial charge in [0.2, 0.25) is 0 Å². The van der Waals surface area contributed by atoms with Gasteiger partial charge < -0.3 is 19.9 Å². The summed E-state index contributed by atoms with van der Waals surface area (Å²) in [5, 5.41) is 13.3. The number of rotatable bonds is 12. The summed E-state index contributed by atoms with van der Waals surface area (Å²) in [5.74, 6) is -0.0478. The number of hydrogen-bond acceptors (Lipinski definition) is 5. The van der Waals surface area contributed by atoms with Gasteiger partial charge in [0.15, 0.2) is 6.10 Å². The summed E-state index contributed by atoms with van der Waals surface area (Å²) >= 11 is 1.77. The fraction of sp³-hybridized carbons (Fsp3) is 0.433. The molecule has 1 aromatic heterocycles. The highest BCUT2D eigenvalue weighted by Crippen LogP contribution is 2.32. The van der Waals surface area contributed by atoms with Crippen molar-refractivity contribution >= 4 is 17.3 Å². The first-order valence-electron chi connectivity index (χ1n) is 12.6. The Labute approximate surface area is 219 Å². The minimum Gasteiger partial charge on any atom is -0.491 e. The van der Waals surface area contributed by atoms with Crippen molar-refractivity contribution < 1.29 is 19.4 Å². The Hall–Kier alpha value is -2.67. The minimum atomic E-state index is -0.935. The van der Waals surface area contributed by atoms with Crippen LogP contribution >= 0.6 is 11.3 Å². The molecule has 2 unspecified atom stereocenters. The number of aryl methyl sites for hydroxylation is 2. The summed E-state index contributed by atoms with van der Waals surface area (Å²) in [4.78, 5) is 14.2. The van der Waals surface area contributed by atoms with Crippen molar-refractivity contribution in [3.05, 3.63) is 75.7 Å². The first-order chi connectivity index (χ1) is 17.0. The molecule has 6 heteroatoms. The van der Waals surface area contributed by atoms with E-state index in [2.05, 4.69) is 62.5 Å². The quantitative estimate of drug-likeness (QED) is 0.273. The predicted molar refractivity (Wildman–Crippen MR) is 148 cm³/mol. The third kappa shape index (κ3) is 7.66. The van der Waals surface area contributed by atoms with Gasteiger partial charge in [-0.15, -0.1) is 11.3 Å². The van der Waals surface area contributed by atoms with E-state index in [0.717, 1.165) is 16.9 Å². The first-order valence-corrected chi connectivity index (χ1v) is 13.4. The van der Waals surface area contributed by atoms with Crippen molar-refractivity contribution in [1.82, 2.24) is 5.32 Å². The number of hydrogen-bond donors (Lipinski definition) is 2. The first kappa shape index (κ1) is 27.9.